The Morgan fingerprint density at radius 2 is 1.87 bits per heavy atom. The molecule has 1 atom stereocenters. The second-order valence-corrected chi connectivity index (χ2v) is 7.89. The van der Waals surface area contributed by atoms with Crippen LogP contribution in [0.1, 0.15) is 12.5 Å². The van der Waals surface area contributed by atoms with Gasteiger partial charge in [-0.1, -0.05) is 12.1 Å². The lowest BCUT2D eigenvalue weighted by Crippen LogP contribution is -2.47. The lowest BCUT2D eigenvalue weighted by Gasteiger charge is -2.30. The molecule has 2 fully saturated rings. The summed E-state index contributed by atoms with van der Waals surface area (Å²) in [4.78, 5) is 4.41. The van der Waals surface area contributed by atoms with E-state index in [1.807, 2.05) is 30.6 Å². The van der Waals surface area contributed by atoms with Crippen molar-refractivity contribution in [3.05, 3.63) is 30.6 Å². The number of nitrogens with zero attached hydrogens (tertiary/aromatic N) is 4. The number of benzene rings is 1. The van der Waals surface area contributed by atoms with E-state index >= 15 is 0 Å². The number of aromatic nitrogens is 2. The summed E-state index contributed by atoms with van der Waals surface area (Å²) in [6.45, 7) is 2.89. The van der Waals surface area contributed by atoms with Crippen LogP contribution in [0.4, 0.5) is 0 Å². The highest BCUT2D eigenvalue weighted by atomic mass is 32.2. The van der Waals surface area contributed by atoms with Crippen molar-refractivity contribution in [2.24, 2.45) is 0 Å². The molecule has 4 rings (SSSR count). The van der Waals surface area contributed by atoms with Crippen LogP contribution in [0.15, 0.2) is 30.6 Å². The molecule has 124 valence electrons. The zero-order valence-corrected chi connectivity index (χ0v) is 13.7. The molecule has 0 bridgehead atoms. The molecule has 0 saturated carbocycles. The van der Waals surface area contributed by atoms with Crippen molar-refractivity contribution >= 4 is 21.2 Å². The maximum atomic E-state index is 12.7. The zero-order valence-electron chi connectivity index (χ0n) is 12.8. The van der Waals surface area contributed by atoms with Crippen LogP contribution >= 0.6 is 0 Å². The highest BCUT2D eigenvalue weighted by Gasteiger charge is 2.37. The average Bonchev–Trinajstić information content (AvgIpc) is 3.22. The fourth-order valence-corrected chi connectivity index (χ4v) is 4.99. The number of morpholine rings is 1. The number of rotatable bonds is 3. The van der Waals surface area contributed by atoms with Crippen LogP contribution in [-0.2, 0) is 14.9 Å². The Balaban J connectivity index is 1.55. The molecule has 0 spiro atoms. The first-order chi connectivity index (χ1) is 11.2. The molecule has 0 amide bonds. The first-order valence-electron chi connectivity index (χ1n) is 7.91. The average molecular weight is 336 g/mol. The fourth-order valence-electron chi connectivity index (χ4n) is 3.36. The molecule has 2 aromatic rings. The van der Waals surface area contributed by atoms with E-state index in [2.05, 4.69) is 9.55 Å². The monoisotopic (exact) mass is 336 g/mol. The Morgan fingerprint density at radius 1 is 1.09 bits per heavy atom. The number of ether oxygens (including phenoxy) is 1. The molecule has 2 aliphatic heterocycles. The van der Waals surface area contributed by atoms with Crippen molar-refractivity contribution in [3.8, 4) is 0 Å². The first-order valence-corrected chi connectivity index (χ1v) is 9.30. The van der Waals surface area contributed by atoms with Gasteiger partial charge in [0.15, 0.2) is 0 Å². The van der Waals surface area contributed by atoms with E-state index in [1.165, 1.54) is 4.31 Å². The van der Waals surface area contributed by atoms with Gasteiger partial charge in [-0.15, -0.1) is 0 Å². The molecule has 0 radical (unpaired) electrons. The van der Waals surface area contributed by atoms with Gasteiger partial charge in [0.05, 0.1) is 36.6 Å². The summed E-state index contributed by atoms with van der Waals surface area (Å²) in [6, 6.07) is 8.09. The van der Waals surface area contributed by atoms with Crippen LogP contribution in [0.2, 0.25) is 0 Å². The zero-order chi connectivity index (χ0) is 15.9. The third kappa shape index (κ3) is 2.65. The lowest BCUT2D eigenvalue weighted by molar-refractivity contribution is 0.0705. The van der Waals surface area contributed by atoms with Crippen molar-refractivity contribution < 1.29 is 13.2 Å². The highest BCUT2D eigenvalue weighted by molar-refractivity contribution is 7.86. The summed E-state index contributed by atoms with van der Waals surface area (Å²) >= 11 is 0. The van der Waals surface area contributed by atoms with Crippen molar-refractivity contribution in [2.75, 3.05) is 39.4 Å². The summed E-state index contributed by atoms with van der Waals surface area (Å²) in [5.41, 5.74) is 2.00. The molecule has 0 unspecified atom stereocenters. The summed E-state index contributed by atoms with van der Waals surface area (Å²) in [7, 11) is -3.39. The van der Waals surface area contributed by atoms with E-state index in [1.54, 1.807) is 4.31 Å². The third-order valence-corrected chi connectivity index (χ3v) is 6.63. The minimum absolute atomic E-state index is 0.137. The van der Waals surface area contributed by atoms with Gasteiger partial charge in [0.25, 0.3) is 10.2 Å². The van der Waals surface area contributed by atoms with Crippen LogP contribution in [0, 0.1) is 0 Å². The summed E-state index contributed by atoms with van der Waals surface area (Å²) in [6.07, 6.45) is 2.63. The molecule has 0 aliphatic carbocycles. The van der Waals surface area contributed by atoms with E-state index in [4.69, 9.17) is 4.74 Å². The van der Waals surface area contributed by atoms with Crippen molar-refractivity contribution in [1.82, 2.24) is 18.2 Å². The normalized spacial score (nSPS) is 24.4. The molecular weight excluding hydrogens is 316 g/mol. The maximum Gasteiger partial charge on any atom is 0.282 e. The number of para-hydroxylation sites is 2. The molecule has 1 aromatic heterocycles. The van der Waals surface area contributed by atoms with E-state index < -0.39 is 10.2 Å². The quantitative estimate of drug-likeness (QED) is 0.834. The second kappa shape index (κ2) is 5.86. The van der Waals surface area contributed by atoms with E-state index in [-0.39, 0.29) is 6.04 Å². The first kappa shape index (κ1) is 15.1. The van der Waals surface area contributed by atoms with Crippen LogP contribution < -0.4 is 0 Å². The molecule has 23 heavy (non-hydrogen) atoms. The van der Waals surface area contributed by atoms with Crippen molar-refractivity contribution in [1.29, 1.82) is 0 Å². The number of imidazole rings is 1. The molecule has 1 aromatic carbocycles. The molecule has 3 heterocycles. The van der Waals surface area contributed by atoms with Gasteiger partial charge in [0.1, 0.15) is 0 Å². The van der Waals surface area contributed by atoms with Crippen molar-refractivity contribution in [2.45, 2.75) is 12.5 Å². The minimum atomic E-state index is -3.39. The van der Waals surface area contributed by atoms with Crippen LogP contribution in [0.25, 0.3) is 11.0 Å². The summed E-state index contributed by atoms with van der Waals surface area (Å²) in [5, 5.41) is 0. The lowest BCUT2D eigenvalue weighted by atomic mass is 10.2. The Morgan fingerprint density at radius 3 is 2.70 bits per heavy atom. The SMILES string of the molecule is O=S(=O)(N1CCOCC1)N1CC[C@@H](n2cnc3ccccc32)C1. The molecular formula is C15H20N4O3S. The fraction of sp³-hybridized carbons (Fsp3) is 0.533. The Hall–Kier alpha value is -1.48. The number of fused-ring (bicyclic) bond motifs is 1. The summed E-state index contributed by atoms with van der Waals surface area (Å²) < 4.78 is 36.0. The molecule has 0 N–H and O–H groups in total. The standard InChI is InChI=1S/C15H20N4O3S/c20-23(21,17-7-9-22-10-8-17)18-6-5-13(11-18)19-12-16-14-3-1-2-4-15(14)19/h1-4,12-13H,5-11H2/t13-/m1/s1. The van der Waals surface area contributed by atoms with E-state index in [0.717, 1.165) is 17.5 Å². The Kier molecular flexibility index (Phi) is 3.84. The van der Waals surface area contributed by atoms with Gasteiger partial charge in [-0.05, 0) is 18.6 Å². The molecule has 8 heteroatoms. The van der Waals surface area contributed by atoms with E-state index in [9.17, 15) is 8.42 Å². The van der Waals surface area contributed by atoms with E-state index in [0.29, 0.717) is 39.4 Å². The van der Waals surface area contributed by atoms with Crippen LogP contribution in [-0.4, -0.2) is 66.0 Å². The Bertz CT molecular complexity index is 798. The molecule has 2 saturated heterocycles. The van der Waals surface area contributed by atoms with Crippen LogP contribution in [0.3, 0.4) is 0 Å². The van der Waals surface area contributed by atoms with Gasteiger partial charge in [-0.25, -0.2) is 4.98 Å². The van der Waals surface area contributed by atoms with Crippen LogP contribution in [0.5, 0.6) is 0 Å². The van der Waals surface area contributed by atoms with Gasteiger partial charge in [-0.2, -0.15) is 17.0 Å². The molecule has 2 aliphatic rings. The maximum absolute atomic E-state index is 12.7. The minimum Gasteiger partial charge on any atom is -0.379 e. The van der Waals surface area contributed by atoms with Gasteiger partial charge in [0.2, 0.25) is 0 Å². The largest absolute Gasteiger partial charge is 0.379 e. The van der Waals surface area contributed by atoms with Gasteiger partial charge in [0, 0.05) is 26.2 Å². The Labute approximate surface area is 135 Å². The number of hydrogen-bond donors (Lipinski definition) is 0. The summed E-state index contributed by atoms with van der Waals surface area (Å²) in [5.74, 6) is 0. The van der Waals surface area contributed by atoms with Gasteiger partial charge < -0.3 is 9.30 Å². The highest BCUT2D eigenvalue weighted by Crippen LogP contribution is 2.28. The second-order valence-electron chi connectivity index (χ2n) is 5.96. The predicted octanol–water partition coefficient (Wildman–Crippen LogP) is 0.860. The van der Waals surface area contributed by atoms with Gasteiger partial charge >= 0.3 is 0 Å². The molecule has 7 nitrogen and oxygen atoms in total. The van der Waals surface area contributed by atoms with Gasteiger partial charge in [-0.3, -0.25) is 0 Å². The van der Waals surface area contributed by atoms with Crippen molar-refractivity contribution in [3.63, 3.8) is 0 Å². The smallest absolute Gasteiger partial charge is 0.282 e. The predicted molar refractivity (Wildman–Crippen MR) is 86.3 cm³/mol. The topological polar surface area (TPSA) is 67.7 Å². The third-order valence-electron chi connectivity index (χ3n) is 4.62. The number of hydrogen-bond acceptors (Lipinski definition) is 4.